The Balaban J connectivity index is 1.74. The molecule has 1 aliphatic heterocycles. The van der Waals surface area contributed by atoms with E-state index in [0.29, 0.717) is 31.4 Å². The van der Waals surface area contributed by atoms with Gasteiger partial charge in [-0.1, -0.05) is 0 Å². The third kappa shape index (κ3) is 5.91. The molecule has 0 aliphatic carbocycles. The molecule has 134 valence electrons. The summed E-state index contributed by atoms with van der Waals surface area (Å²) in [4.78, 5) is 13.8. The molecule has 0 radical (unpaired) electrons. The maximum Gasteiger partial charge on any atom is 0.410 e. The van der Waals surface area contributed by atoms with Crippen LogP contribution in [0.1, 0.15) is 27.2 Å². The topological polar surface area (TPSA) is 48.0 Å². The Kier molecular flexibility index (Phi) is 6.29. The van der Waals surface area contributed by atoms with Gasteiger partial charge in [-0.05, 0) is 51.5 Å². The number of hydrogen-bond donors (Lipinski definition) is 0. The highest BCUT2D eigenvalue weighted by Gasteiger charge is 2.30. The van der Waals surface area contributed by atoms with Crippen molar-refractivity contribution in [3.8, 4) is 11.5 Å². The summed E-state index contributed by atoms with van der Waals surface area (Å²) in [5, 5.41) is 0. The van der Waals surface area contributed by atoms with Crippen LogP contribution in [0.15, 0.2) is 24.3 Å². The van der Waals surface area contributed by atoms with E-state index >= 15 is 0 Å². The molecule has 1 atom stereocenters. The van der Waals surface area contributed by atoms with Crippen LogP contribution in [0.2, 0.25) is 0 Å². The van der Waals surface area contributed by atoms with Gasteiger partial charge >= 0.3 is 6.09 Å². The molecule has 0 aromatic heterocycles. The number of hydrogen-bond acceptors (Lipinski definition) is 4. The molecule has 24 heavy (non-hydrogen) atoms. The fraction of sp³-hybridized carbons (Fsp3) is 0.611. The molecule has 1 amide bonds. The van der Waals surface area contributed by atoms with Gasteiger partial charge < -0.3 is 19.1 Å². The standard InChI is InChI=1S/C18H26FNO4/c1-18(2,3)24-17(21)20-10-8-14(12-20)13-23-16-6-4-15(5-7-16)22-11-9-19/h4-7,14H,8-13H2,1-3H3. The Hall–Kier alpha value is -1.98. The van der Waals surface area contributed by atoms with Gasteiger partial charge in [-0.3, -0.25) is 0 Å². The van der Waals surface area contributed by atoms with Gasteiger partial charge in [0.1, 0.15) is 30.4 Å². The van der Waals surface area contributed by atoms with Crippen molar-refractivity contribution in [3.05, 3.63) is 24.3 Å². The molecule has 1 aliphatic rings. The van der Waals surface area contributed by atoms with E-state index in [9.17, 15) is 9.18 Å². The van der Waals surface area contributed by atoms with E-state index in [1.54, 1.807) is 29.2 Å². The Morgan fingerprint density at radius 2 is 1.83 bits per heavy atom. The van der Waals surface area contributed by atoms with E-state index in [-0.39, 0.29) is 12.7 Å². The molecular weight excluding hydrogens is 313 g/mol. The quantitative estimate of drug-likeness (QED) is 0.793. The average molecular weight is 339 g/mol. The van der Waals surface area contributed by atoms with E-state index in [4.69, 9.17) is 14.2 Å². The largest absolute Gasteiger partial charge is 0.493 e. The highest BCUT2D eigenvalue weighted by Crippen LogP contribution is 2.22. The molecular formula is C18H26FNO4. The number of likely N-dealkylation sites (tertiary alicyclic amines) is 1. The lowest BCUT2D eigenvalue weighted by atomic mass is 10.1. The predicted molar refractivity (Wildman–Crippen MR) is 89.3 cm³/mol. The van der Waals surface area contributed by atoms with E-state index in [1.807, 2.05) is 20.8 Å². The predicted octanol–water partition coefficient (Wildman–Crippen LogP) is 3.67. The van der Waals surface area contributed by atoms with E-state index in [1.165, 1.54) is 0 Å². The summed E-state index contributed by atoms with van der Waals surface area (Å²) < 4.78 is 28.4. The lowest BCUT2D eigenvalue weighted by molar-refractivity contribution is 0.0285. The van der Waals surface area contributed by atoms with Crippen LogP contribution in [-0.2, 0) is 4.74 Å². The van der Waals surface area contributed by atoms with E-state index < -0.39 is 12.3 Å². The third-order valence-corrected chi connectivity index (χ3v) is 3.59. The van der Waals surface area contributed by atoms with Crippen LogP contribution in [-0.4, -0.2) is 49.6 Å². The van der Waals surface area contributed by atoms with Crippen molar-refractivity contribution in [1.29, 1.82) is 0 Å². The third-order valence-electron chi connectivity index (χ3n) is 3.59. The summed E-state index contributed by atoms with van der Waals surface area (Å²) in [7, 11) is 0. The molecule has 2 rings (SSSR count). The van der Waals surface area contributed by atoms with Gasteiger partial charge in [0, 0.05) is 19.0 Å². The number of carbonyl (C=O) groups excluding carboxylic acids is 1. The van der Waals surface area contributed by atoms with Gasteiger partial charge in [0.25, 0.3) is 0 Å². The Morgan fingerprint density at radius 3 is 2.42 bits per heavy atom. The summed E-state index contributed by atoms with van der Waals surface area (Å²) in [6.07, 6.45) is 0.635. The first-order chi connectivity index (χ1) is 11.4. The smallest absolute Gasteiger partial charge is 0.410 e. The molecule has 1 unspecified atom stereocenters. The van der Waals surface area contributed by atoms with Crippen LogP contribution in [0.4, 0.5) is 9.18 Å². The molecule has 5 nitrogen and oxygen atoms in total. The minimum absolute atomic E-state index is 0.0583. The molecule has 0 spiro atoms. The minimum atomic E-state index is -0.506. The van der Waals surface area contributed by atoms with Crippen LogP contribution in [0, 0.1) is 5.92 Å². The van der Waals surface area contributed by atoms with E-state index in [2.05, 4.69) is 0 Å². The lowest BCUT2D eigenvalue weighted by Gasteiger charge is -2.24. The van der Waals surface area contributed by atoms with Crippen LogP contribution in [0.3, 0.4) is 0 Å². The maximum absolute atomic E-state index is 12.0. The number of rotatable bonds is 6. The summed E-state index contributed by atoms with van der Waals surface area (Å²) in [5.74, 6) is 1.65. The fourth-order valence-electron chi connectivity index (χ4n) is 2.46. The molecule has 0 N–H and O–H groups in total. The number of halogens is 1. The van der Waals surface area contributed by atoms with Crippen LogP contribution >= 0.6 is 0 Å². The van der Waals surface area contributed by atoms with Gasteiger partial charge in [0.2, 0.25) is 0 Å². The fourth-order valence-corrected chi connectivity index (χ4v) is 2.46. The van der Waals surface area contributed by atoms with Gasteiger partial charge in [-0.2, -0.15) is 0 Å². The molecule has 1 aromatic carbocycles. The number of alkyl halides is 1. The lowest BCUT2D eigenvalue weighted by Crippen LogP contribution is -2.35. The van der Waals surface area contributed by atoms with Gasteiger partial charge in [-0.25, -0.2) is 9.18 Å². The summed E-state index contributed by atoms with van der Waals surface area (Å²) >= 11 is 0. The summed E-state index contributed by atoms with van der Waals surface area (Å²) in [6, 6.07) is 7.11. The van der Waals surface area contributed by atoms with Crippen LogP contribution in [0.25, 0.3) is 0 Å². The zero-order chi connectivity index (χ0) is 17.6. The minimum Gasteiger partial charge on any atom is -0.493 e. The van der Waals surface area contributed by atoms with Gasteiger partial charge in [0.05, 0.1) is 6.61 Å². The van der Waals surface area contributed by atoms with Crippen molar-refractivity contribution in [1.82, 2.24) is 4.90 Å². The molecule has 1 heterocycles. The normalized spacial score (nSPS) is 17.7. The van der Waals surface area contributed by atoms with Gasteiger partial charge in [-0.15, -0.1) is 0 Å². The molecule has 6 heteroatoms. The maximum atomic E-state index is 12.0. The van der Waals surface area contributed by atoms with Crippen LogP contribution in [0.5, 0.6) is 11.5 Å². The summed E-state index contributed by atoms with van der Waals surface area (Å²) in [6.45, 7) is 7.03. The summed E-state index contributed by atoms with van der Waals surface area (Å²) in [5.41, 5.74) is -0.475. The molecule has 1 saturated heterocycles. The number of amides is 1. The number of benzene rings is 1. The Morgan fingerprint density at radius 1 is 1.21 bits per heavy atom. The van der Waals surface area contributed by atoms with Crippen molar-refractivity contribution in [2.45, 2.75) is 32.8 Å². The highest BCUT2D eigenvalue weighted by atomic mass is 19.1. The molecule has 0 bridgehead atoms. The Bertz CT molecular complexity index is 527. The second-order valence-electron chi connectivity index (χ2n) is 6.90. The zero-order valence-electron chi connectivity index (χ0n) is 14.6. The first-order valence-corrected chi connectivity index (χ1v) is 8.27. The molecule has 1 aromatic rings. The van der Waals surface area contributed by atoms with Crippen molar-refractivity contribution in [2.24, 2.45) is 5.92 Å². The first-order valence-electron chi connectivity index (χ1n) is 8.27. The average Bonchev–Trinajstić information content (AvgIpc) is 2.99. The van der Waals surface area contributed by atoms with Crippen molar-refractivity contribution >= 4 is 6.09 Å². The number of carbonyl (C=O) groups is 1. The molecule has 1 fully saturated rings. The SMILES string of the molecule is CC(C)(C)OC(=O)N1CCC(COc2ccc(OCCF)cc2)C1. The second-order valence-corrected chi connectivity index (χ2v) is 6.90. The number of ether oxygens (including phenoxy) is 3. The second kappa shape index (κ2) is 8.22. The first kappa shape index (κ1) is 18.4. The zero-order valence-corrected chi connectivity index (χ0v) is 14.6. The highest BCUT2D eigenvalue weighted by molar-refractivity contribution is 5.68. The van der Waals surface area contributed by atoms with E-state index in [0.717, 1.165) is 12.2 Å². The molecule has 0 saturated carbocycles. The Labute approximate surface area is 142 Å². The van der Waals surface area contributed by atoms with Crippen LogP contribution < -0.4 is 9.47 Å². The monoisotopic (exact) mass is 339 g/mol. The van der Waals surface area contributed by atoms with Crippen molar-refractivity contribution < 1.29 is 23.4 Å². The van der Waals surface area contributed by atoms with Crippen molar-refractivity contribution in [2.75, 3.05) is 33.0 Å². The number of nitrogens with zero attached hydrogens (tertiary/aromatic N) is 1. The van der Waals surface area contributed by atoms with Crippen molar-refractivity contribution in [3.63, 3.8) is 0 Å². The van der Waals surface area contributed by atoms with Gasteiger partial charge in [0.15, 0.2) is 0 Å².